The van der Waals surface area contributed by atoms with Crippen LogP contribution in [0.1, 0.15) is 19.4 Å². The molecule has 2 amide bonds. The van der Waals surface area contributed by atoms with E-state index in [2.05, 4.69) is 5.32 Å². The van der Waals surface area contributed by atoms with E-state index in [1.807, 2.05) is 13.8 Å². The molecule has 0 bridgehead atoms. The van der Waals surface area contributed by atoms with Gasteiger partial charge in [0, 0.05) is 24.7 Å². The van der Waals surface area contributed by atoms with Crippen LogP contribution in [0.3, 0.4) is 0 Å². The number of amides is 2. The topological polar surface area (TPSA) is 49.4 Å². The highest BCUT2D eigenvalue weighted by Gasteiger charge is 2.34. The van der Waals surface area contributed by atoms with Crippen molar-refractivity contribution >= 4 is 17.9 Å². The molecule has 1 aromatic carbocycles. The maximum absolute atomic E-state index is 13.5. The highest BCUT2D eigenvalue weighted by atomic mass is 19.1. The van der Waals surface area contributed by atoms with Gasteiger partial charge in [0.05, 0.1) is 0 Å². The monoisotopic (exact) mass is 308 g/mol. The Morgan fingerprint density at radius 2 is 2.00 bits per heavy atom. The lowest BCUT2D eigenvalue weighted by atomic mass is 9.99. The average molecular weight is 308 g/mol. The molecular weight excluding hydrogens is 290 g/mol. The summed E-state index contributed by atoms with van der Waals surface area (Å²) in [7, 11) is 0. The van der Waals surface area contributed by atoms with Crippen LogP contribution in [0.15, 0.2) is 24.3 Å². The van der Waals surface area contributed by atoms with Crippen LogP contribution in [0.5, 0.6) is 0 Å². The number of benzene rings is 1. The Labute approximate surface area is 127 Å². The molecule has 1 saturated heterocycles. The van der Waals surface area contributed by atoms with Gasteiger partial charge in [-0.05, 0) is 24.1 Å². The van der Waals surface area contributed by atoms with Crippen LogP contribution in [0.2, 0.25) is 0 Å². The van der Waals surface area contributed by atoms with Gasteiger partial charge in [-0.1, -0.05) is 19.9 Å². The minimum Gasteiger partial charge on any atom is -0.353 e. The maximum atomic E-state index is 13.5. The van der Waals surface area contributed by atoms with Crippen molar-refractivity contribution in [1.82, 2.24) is 10.2 Å². The second-order valence-corrected chi connectivity index (χ2v) is 5.48. The molecule has 118 valence electrons. The lowest BCUT2D eigenvalue weighted by Gasteiger charge is -2.36. The number of hydrogen-bond donors (Lipinski definition) is 1. The van der Waals surface area contributed by atoms with Crippen molar-refractivity contribution in [3.63, 3.8) is 0 Å². The molecule has 0 spiro atoms. The van der Waals surface area contributed by atoms with Crippen molar-refractivity contribution < 1.29 is 18.4 Å². The molecule has 1 aliphatic rings. The molecule has 0 radical (unpaired) electrons. The molecule has 1 unspecified atom stereocenters. The van der Waals surface area contributed by atoms with Crippen LogP contribution >= 0.6 is 0 Å². The van der Waals surface area contributed by atoms with Crippen LogP contribution in [-0.4, -0.2) is 35.8 Å². The maximum Gasteiger partial charge on any atom is 0.247 e. The molecule has 0 saturated carbocycles. The SMILES string of the molecule is CC(C)C1C(=O)NCCN1C(=O)C=Cc1c(F)cccc1F. The van der Waals surface area contributed by atoms with E-state index in [1.165, 1.54) is 11.0 Å². The summed E-state index contributed by atoms with van der Waals surface area (Å²) in [6, 6.07) is 2.93. The van der Waals surface area contributed by atoms with E-state index >= 15 is 0 Å². The minimum atomic E-state index is -0.735. The van der Waals surface area contributed by atoms with Crippen LogP contribution in [0.25, 0.3) is 6.08 Å². The van der Waals surface area contributed by atoms with Gasteiger partial charge in [0.25, 0.3) is 0 Å². The fraction of sp³-hybridized carbons (Fsp3) is 0.375. The zero-order valence-corrected chi connectivity index (χ0v) is 12.5. The third-order valence-corrected chi connectivity index (χ3v) is 3.56. The number of carbonyl (C=O) groups excluding carboxylic acids is 2. The normalized spacial score (nSPS) is 18.9. The first kappa shape index (κ1) is 16.1. The number of hydrogen-bond acceptors (Lipinski definition) is 2. The third-order valence-electron chi connectivity index (χ3n) is 3.56. The second kappa shape index (κ2) is 6.68. The lowest BCUT2D eigenvalue weighted by Crippen LogP contribution is -2.58. The summed E-state index contributed by atoms with van der Waals surface area (Å²) in [6.45, 7) is 4.43. The summed E-state index contributed by atoms with van der Waals surface area (Å²) in [5.74, 6) is -2.17. The van der Waals surface area contributed by atoms with Crippen LogP contribution in [0.4, 0.5) is 8.78 Å². The highest BCUT2D eigenvalue weighted by Crippen LogP contribution is 2.17. The standard InChI is InChI=1S/C16H18F2N2O2/c1-10(2)15-16(22)19-8-9-20(15)14(21)7-6-11-12(17)4-3-5-13(11)18/h3-7,10,15H,8-9H2,1-2H3,(H,19,22). The summed E-state index contributed by atoms with van der Waals surface area (Å²) in [5, 5.41) is 2.71. The van der Waals surface area contributed by atoms with Crippen molar-refractivity contribution in [3.05, 3.63) is 41.5 Å². The molecule has 1 heterocycles. The number of nitrogens with one attached hydrogen (secondary N) is 1. The lowest BCUT2D eigenvalue weighted by molar-refractivity contribution is -0.141. The molecule has 1 atom stereocenters. The summed E-state index contributed by atoms with van der Waals surface area (Å²) >= 11 is 0. The fourth-order valence-corrected chi connectivity index (χ4v) is 2.51. The molecular formula is C16H18F2N2O2. The first-order chi connectivity index (χ1) is 10.4. The summed E-state index contributed by atoms with van der Waals surface area (Å²) < 4.78 is 27.1. The van der Waals surface area contributed by atoms with Crippen LogP contribution in [-0.2, 0) is 9.59 Å². The van der Waals surface area contributed by atoms with Gasteiger partial charge < -0.3 is 10.2 Å². The number of halogens is 2. The third kappa shape index (κ3) is 3.32. The van der Waals surface area contributed by atoms with Gasteiger partial charge in [-0.3, -0.25) is 9.59 Å². The molecule has 1 N–H and O–H groups in total. The molecule has 1 aromatic rings. The summed E-state index contributed by atoms with van der Waals surface area (Å²) in [5.41, 5.74) is -0.265. The fourth-order valence-electron chi connectivity index (χ4n) is 2.51. The van der Waals surface area contributed by atoms with E-state index in [4.69, 9.17) is 0 Å². The Hall–Kier alpha value is -2.24. The second-order valence-electron chi connectivity index (χ2n) is 5.48. The van der Waals surface area contributed by atoms with Crippen molar-refractivity contribution in [1.29, 1.82) is 0 Å². The molecule has 1 fully saturated rings. The van der Waals surface area contributed by atoms with Gasteiger partial charge in [0.15, 0.2) is 0 Å². The summed E-state index contributed by atoms with van der Waals surface area (Å²) in [4.78, 5) is 25.6. The first-order valence-corrected chi connectivity index (χ1v) is 7.12. The van der Waals surface area contributed by atoms with Crippen molar-refractivity contribution in [2.75, 3.05) is 13.1 Å². The zero-order valence-electron chi connectivity index (χ0n) is 12.5. The van der Waals surface area contributed by atoms with E-state index in [0.717, 1.165) is 24.3 Å². The van der Waals surface area contributed by atoms with Crippen LogP contribution in [0, 0.1) is 17.6 Å². The Morgan fingerprint density at radius 3 is 2.59 bits per heavy atom. The smallest absolute Gasteiger partial charge is 0.247 e. The molecule has 1 aliphatic heterocycles. The number of nitrogens with zero attached hydrogens (tertiary/aromatic N) is 1. The van der Waals surface area contributed by atoms with E-state index in [0.29, 0.717) is 13.1 Å². The molecule has 4 nitrogen and oxygen atoms in total. The van der Waals surface area contributed by atoms with Crippen molar-refractivity contribution in [3.8, 4) is 0 Å². The minimum absolute atomic E-state index is 0.0529. The quantitative estimate of drug-likeness (QED) is 0.868. The Balaban J connectivity index is 2.20. The average Bonchev–Trinajstić information content (AvgIpc) is 2.45. The molecule has 0 aromatic heterocycles. The van der Waals surface area contributed by atoms with Crippen molar-refractivity contribution in [2.45, 2.75) is 19.9 Å². The molecule has 2 rings (SSSR count). The van der Waals surface area contributed by atoms with E-state index in [9.17, 15) is 18.4 Å². The Kier molecular flexibility index (Phi) is 4.90. The summed E-state index contributed by atoms with van der Waals surface area (Å²) in [6.07, 6.45) is 2.21. The van der Waals surface area contributed by atoms with Gasteiger partial charge >= 0.3 is 0 Å². The van der Waals surface area contributed by atoms with E-state index in [-0.39, 0.29) is 17.4 Å². The molecule has 22 heavy (non-hydrogen) atoms. The van der Waals surface area contributed by atoms with Crippen molar-refractivity contribution in [2.24, 2.45) is 5.92 Å². The number of carbonyl (C=O) groups is 2. The predicted molar refractivity (Wildman–Crippen MR) is 78.7 cm³/mol. The Bertz CT molecular complexity index is 594. The molecule has 6 heteroatoms. The number of piperazine rings is 1. The Morgan fingerprint density at radius 1 is 1.36 bits per heavy atom. The van der Waals surface area contributed by atoms with Crippen LogP contribution < -0.4 is 5.32 Å². The molecule has 0 aliphatic carbocycles. The van der Waals surface area contributed by atoms with Gasteiger partial charge in [-0.25, -0.2) is 8.78 Å². The van der Waals surface area contributed by atoms with E-state index in [1.54, 1.807) is 0 Å². The highest BCUT2D eigenvalue weighted by molar-refractivity contribution is 5.96. The van der Waals surface area contributed by atoms with Gasteiger partial charge in [0.2, 0.25) is 11.8 Å². The zero-order chi connectivity index (χ0) is 16.3. The first-order valence-electron chi connectivity index (χ1n) is 7.12. The number of rotatable bonds is 3. The predicted octanol–water partition coefficient (Wildman–Crippen LogP) is 1.96. The van der Waals surface area contributed by atoms with Gasteiger partial charge in [-0.15, -0.1) is 0 Å². The van der Waals surface area contributed by atoms with Gasteiger partial charge in [0.1, 0.15) is 17.7 Å². The van der Waals surface area contributed by atoms with E-state index < -0.39 is 23.6 Å². The largest absolute Gasteiger partial charge is 0.353 e. The van der Waals surface area contributed by atoms with Gasteiger partial charge in [-0.2, -0.15) is 0 Å².